The van der Waals surface area contributed by atoms with Crippen molar-refractivity contribution < 1.29 is 9.59 Å². The summed E-state index contributed by atoms with van der Waals surface area (Å²) < 4.78 is 0. The van der Waals surface area contributed by atoms with Gasteiger partial charge in [-0.15, -0.1) is 11.3 Å². The standard InChI is InChI=1S/C17H16N4O2S/c1-2-10-3-5-11(6-4-10)16(23)21-17-20-14(9-24-17)12-7-13(15(18)22)19-8-12/h3-9,19H,2H2,1H3,(H2,18,22)(H,20,21,23). The number of H-pyrrole nitrogens is 1. The highest BCUT2D eigenvalue weighted by molar-refractivity contribution is 7.14. The van der Waals surface area contributed by atoms with Gasteiger partial charge in [0.05, 0.1) is 5.69 Å². The number of benzene rings is 1. The van der Waals surface area contributed by atoms with Crippen LogP contribution in [-0.2, 0) is 6.42 Å². The Morgan fingerprint density at radius 2 is 2.04 bits per heavy atom. The third-order valence-electron chi connectivity index (χ3n) is 3.59. The lowest BCUT2D eigenvalue weighted by Gasteiger charge is -2.02. The Balaban J connectivity index is 1.72. The lowest BCUT2D eigenvalue weighted by atomic mass is 10.1. The predicted octanol–water partition coefficient (Wildman–Crippen LogP) is 3.05. The molecule has 0 saturated heterocycles. The van der Waals surface area contributed by atoms with Gasteiger partial charge in [-0.3, -0.25) is 14.9 Å². The van der Waals surface area contributed by atoms with Crippen LogP contribution < -0.4 is 11.1 Å². The molecule has 2 heterocycles. The van der Waals surface area contributed by atoms with Crippen LogP contribution in [0.1, 0.15) is 33.3 Å². The van der Waals surface area contributed by atoms with Crippen LogP contribution in [0.25, 0.3) is 11.3 Å². The van der Waals surface area contributed by atoms with Gasteiger partial charge < -0.3 is 10.7 Å². The van der Waals surface area contributed by atoms with E-state index in [0.29, 0.717) is 22.1 Å². The van der Waals surface area contributed by atoms with E-state index in [0.717, 1.165) is 12.0 Å². The molecular weight excluding hydrogens is 324 g/mol. The molecule has 0 aliphatic rings. The number of nitrogens with one attached hydrogen (secondary N) is 2. The van der Waals surface area contributed by atoms with Gasteiger partial charge in [-0.25, -0.2) is 4.98 Å². The number of amides is 2. The van der Waals surface area contributed by atoms with Crippen LogP contribution in [0.5, 0.6) is 0 Å². The first-order valence-electron chi connectivity index (χ1n) is 7.41. The number of nitrogens with two attached hydrogens (primary N) is 1. The van der Waals surface area contributed by atoms with Crippen molar-refractivity contribution in [3.63, 3.8) is 0 Å². The van der Waals surface area contributed by atoms with E-state index in [4.69, 9.17) is 5.73 Å². The number of rotatable bonds is 5. The first-order valence-corrected chi connectivity index (χ1v) is 8.29. The molecule has 122 valence electrons. The third-order valence-corrected chi connectivity index (χ3v) is 4.35. The van der Waals surface area contributed by atoms with Gasteiger partial charge in [0.15, 0.2) is 5.13 Å². The topological polar surface area (TPSA) is 101 Å². The molecule has 4 N–H and O–H groups in total. The van der Waals surface area contributed by atoms with Crippen LogP contribution in [-0.4, -0.2) is 21.8 Å². The zero-order valence-electron chi connectivity index (χ0n) is 13.0. The molecule has 3 rings (SSSR count). The second-order valence-corrected chi connectivity index (χ2v) is 6.07. The number of anilines is 1. The Morgan fingerprint density at radius 3 is 2.67 bits per heavy atom. The summed E-state index contributed by atoms with van der Waals surface area (Å²) in [6.45, 7) is 2.07. The van der Waals surface area contributed by atoms with Gasteiger partial charge in [-0.2, -0.15) is 0 Å². The van der Waals surface area contributed by atoms with E-state index in [-0.39, 0.29) is 5.91 Å². The number of aryl methyl sites for hydroxylation is 1. The lowest BCUT2D eigenvalue weighted by Crippen LogP contribution is -2.11. The molecule has 0 aliphatic carbocycles. The van der Waals surface area contributed by atoms with Crippen LogP contribution >= 0.6 is 11.3 Å². The second-order valence-electron chi connectivity index (χ2n) is 5.21. The summed E-state index contributed by atoms with van der Waals surface area (Å²) in [5, 5.41) is 5.09. The summed E-state index contributed by atoms with van der Waals surface area (Å²) in [6, 6.07) is 9.11. The van der Waals surface area contributed by atoms with Crippen molar-refractivity contribution in [2.24, 2.45) is 5.73 Å². The molecule has 3 aromatic rings. The zero-order valence-corrected chi connectivity index (χ0v) is 13.8. The third kappa shape index (κ3) is 3.36. The maximum Gasteiger partial charge on any atom is 0.265 e. The summed E-state index contributed by atoms with van der Waals surface area (Å²) in [6.07, 6.45) is 2.59. The number of hydrogen-bond acceptors (Lipinski definition) is 4. The largest absolute Gasteiger partial charge is 0.364 e. The number of nitrogens with zero attached hydrogens (tertiary/aromatic N) is 1. The van der Waals surface area contributed by atoms with E-state index in [9.17, 15) is 9.59 Å². The Bertz CT molecular complexity index is 880. The summed E-state index contributed by atoms with van der Waals surface area (Å²) in [5.74, 6) is -0.731. The quantitative estimate of drug-likeness (QED) is 0.665. The fraction of sp³-hybridized carbons (Fsp3) is 0.118. The molecule has 2 aromatic heterocycles. The van der Waals surface area contributed by atoms with Crippen molar-refractivity contribution in [3.8, 4) is 11.3 Å². The van der Waals surface area contributed by atoms with Crippen molar-refractivity contribution in [3.05, 3.63) is 58.7 Å². The molecule has 0 unspecified atom stereocenters. The van der Waals surface area contributed by atoms with Crippen molar-refractivity contribution >= 4 is 28.3 Å². The Labute approximate surface area is 142 Å². The number of aromatic amines is 1. The summed E-state index contributed by atoms with van der Waals surface area (Å²) in [7, 11) is 0. The van der Waals surface area contributed by atoms with Crippen molar-refractivity contribution in [2.45, 2.75) is 13.3 Å². The molecule has 0 atom stereocenters. The van der Waals surface area contributed by atoms with Crippen LogP contribution in [0.3, 0.4) is 0 Å². The molecule has 0 radical (unpaired) electrons. The predicted molar refractivity (Wildman–Crippen MR) is 94.2 cm³/mol. The number of aromatic nitrogens is 2. The second kappa shape index (κ2) is 6.67. The Hall–Kier alpha value is -2.93. The van der Waals surface area contributed by atoms with Gasteiger partial charge in [0, 0.05) is 22.7 Å². The average molecular weight is 340 g/mol. The molecule has 1 aromatic carbocycles. The average Bonchev–Trinajstić information content (AvgIpc) is 3.24. The summed E-state index contributed by atoms with van der Waals surface area (Å²) >= 11 is 1.32. The van der Waals surface area contributed by atoms with Gasteiger partial charge in [0.1, 0.15) is 5.69 Å². The fourth-order valence-corrected chi connectivity index (χ4v) is 2.92. The molecule has 0 saturated carbocycles. The van der Waals surface area contributed by atoms with Crippen LogP contribution in [0.4, 0.5) is 5.13 Å². The van der Waals surface area contributed by atoms with Crippen LogP contribution in [0.2, 0.25) is 0 Å². The van der Waals surface area contributed by atoms with Gasteiger partial charge in [-0.05, 0) is 30.2 Å². The van der Waals surface area contributed by atoms with Crippen molar-refractivity contribution in [1.82, 2.24) is 9.97 Å². The molecule has 2 amide bonds. The summed E-state index contributed by atoms with van der Waals surface area (Å²) in [4.78, 5) is 30.5. The number of carbonyl (C=O) groups is 2. The SMILES string of the molecule is CCc1ccc(C(=O)Nc2nc(-c3c[nH]c(C(N)=O)c3)cs2)cc1. The number of primary amides is 1. The maximum atomic E-state index is 12.2. The first-order chi connectivity index (χ1) is 11.6. The van der Waals surface area contributed by atoms with Gasteiger partial charge in [-0.1, -0.05) is 19.1 Å². The smallest absolute Gasteiger partial charge is 0.265 e. The molecule has 7 heteroatoms. The van der Waals surface area contributed by atoms with Crippen molar-refractivity contribution in [1.29, 1.82) is 0 Å². The highest BCUT2D eigenvalue weighted by Gasteiger charge is 2.12. The highest BCUT2D eigenvalue weighted by Crippen LogP contribution is 2.25. The van der Waals surface area contributed by atoms with E-state index in [1.54, 1.807) is 24.4 Å². The monoisotopic (exact) mass is 340 g/mol. The van der Waals surface area contributed by atoms with E-state index in [1.807, 2.05) is 17.5 Å². The van der Waals surface area contributed by atoms with E-state index < -0.39 is 5.91 Å². The highest BCUT2D eigenvalue weighted by atomic mass is 32.1. The first kappa shape index (κ1) is 15.9. The normalized spacial score (nSPS) is 10.5. The summed E-state index contributed by atoms with van der Waals surface area (Å²) in [5.41, 5.74) is 8.71. The Kier molecular flexibility index (Phi) is 4.43. The van der Waals surface area contributed by atoms with Gasteiger partial charge in [0.2, 0.25) is 0 Å². The molecule has 24 heavy (non-hydrogen) atoms. The number of carbonyl (C=O) groups excluding carboxylic acids is 2. The van der Waals surface area contributed by atoms with Crippen LogP contribution in [0.15, 0.2) is 41.9 Å². The minimum absolute atomic E-state index is 0.203. The molecule has 0 bridgehead atoms. The minimum atomic E-state index is -0.527. The van der Waals surface area contributed by atoms with E-state index in [2.05, 4.69) is 22.2 Å². The van der Waals surface area contributed by atoms with E-state index in [1.165, 1.54) is 16.9 Å². The lowest BCUT2D eigenvalue weighted by molar-refractivity contribution is 0.0994. The Morgan fingerprint density at radius 1 is 1.29 bits per heavy atom. The molecule has 6 nitrogen and oxygen atoms in total. The minimum Gasteiger partial charge on any atom is -0.364 e. The number of hydrogen-bond donors (Lipinski definition) is 3. The zero-order chi connectivity index (χ0) is 17.1. The van der Waals surface area contributed by atoms with E-state index >= 15 is 0 Å². The van der Waals surface area contributed by atoms with Crippen LogP contribution in [0, 0.1) is 0 Å². The van der Waals surface area contributed by atoms with Gasteiger partial charge >= 0.3 is 0 Å². The van der Waals surface area contributed by atoms with Gasteiger partial charge in [0.25, 0.3) is 11.8 Å². The molecule has 0 spiro atoms. The fourth-order valence-electron chi connectivity index (χ4n) is 2.21. The molecule has 0 aliphatic heterocycles. The van der Waals surface area contributed by atoms with Crippen molar-refractivity contribution in [2.75, 3.05) is 5.32 Å². The molecular formula is C17H16N4O2S. The number of thiazole rings is 1. The molecule has 0 fully saturated rings. The maximum absolute atomic E-state index is 12.2.